The summed E-state index contributed by atoms with van der Waals surface area (Å²) >= 11 is 3.28. The van der Waals surface area contributed by atoms with Crippen LogP contribution in [0.3, 0.4) is 0 Å². The van der Waals surface area contributed by atoms with Crippen molar-refractivity contribution in [1.82, 2.24) is 20.1 Å². The second kappa shape index (κ2) is 15.4. The lowest BCUT2D eigenvalue weighted by atomic mass is 10.2. The molecule has 11 heteroatoms. The molecular weight excluding hydrogens is 604 g/mol. The lowest BCUT2D eigenvalue weighted by Gasteiger charge is -2.35. The zero-order valence-electron chi connectivity index (χ0n) is 24.2. The Balaban J connectivity index is 0.000000227. The average molecular weight is 642 g/mol. The Labute approximate surface area is 254 Å². The van der Waals surface area contributed by atoms with Crippen LogP contribution in [0.2, 0.25) is 0 Å². The third-order valence-corrected chi connectivity index (χ3v) is 6.43. The van der Waals surface area contributed by atoms with Gasteiger partial charge < -0.3 is 28.2 Å². The number of rotatable bonds is 9. The van der Waals surface area contributed by atoms with Gasteiger partial charge in [-0.1, -0.05) is 76.6 Å². The van der Waals surface area contributed by atoms with E-state index in [9.17, 15) is 4.79 Å². The van der Waals surface area contributed by atoms with Crippen LogP contribution >= 0.6 is 15.9 Å². The van der Waals surface area contributed by atoms with Gasteiger partial charge in [0.15, 0.2) is 11.5 Å². The molecule has 1 saturated heterocycles. The van der Waals surface area contributed by atoms with Crippen molar-refractivity contribution in [3.05, 3.63) is 72.8 Å². The first kappa shape index (κ1) is 31.1. The molecule has 1 fully saturated rings. The minimum Gasteiger partial charge on any atom is -0.475 e. The minimum absolute atomic E-state index is 0.241. The summed E-state index contributed by atoms with van der Waals surface area (Å²) < 4.78 is 26.9. The summed E-state index contributed by atoms with van der Waals surface area (Å²) in [4.78, 5) is 16.1. The Morgan fingerprint density at radius 3 is 1.79 bits per heavy atom. The monoisotopic (exact) mass is 640 g/mol. The molecule has 0 atom stereocenters. The highest BCUT2D eigenvalue weighted by Crippen LogP contribution is 2.24. The standard InChI is InChI=1S/C20H27N3O4.C11H10BrNO2/c1-20(2,3)26-19(24)23-11-9-22(10-12-23)13-14-25-18-15-17(27-21-18)16-7-5-4-6-8-16;12-6-7-14-11-8-10(15-13-11)9-4-2-1-3-5-9/h4-8,15H,9-14H2,1-3H3;1-5,8H,6-7H2. The molecule has 0 N–H and O–H groups in total. The molecule has 0 radical (unpaired) electrons. The van der Waals surface area contributed by atoms with Crippen molar-refractivity contribution in [3.63, 3.8) is 0 Å². The Kier molecular flexibility index (Phi) is 11.4. The molecule has 0 bridgehead atoms. The van der Waals surface area contributed by atoms with E-state index in [1.807, 2.05) is 81.4 Å². The van der Waals surface area contributed by atoms with E-state index in [2.05, 4.69) is 31.1 Å². The summed E-state index contributed by atoms with van der Waals surface area (Å²) in [6.45, 7) is 10.5. The predicted octanol–water partition coefficient (Wildman–Crippen LogP) is 6.39. The molecule has 0 spiro atoms. The van der Waals surface area contributed by atoms with E-state index in [0.29, 0.717) is 43.8 Å². The molecule has 3 heterocycles. The van der Waals surface area contributed by atoms with Gasteiger partial charge in [0.05, 0.1) is 6.61 Å². The number of nitrogens with zero attached hydrogens (tertiary/aromatic N) is 4. The van der Waals surface area contributed by atoms with Crippen molar-refractivity contribution in [1.29, 1.82) is 0 Å². The lowest BCUT2D eigenvalue weighted by Crippen LogP contribution is -2.50. The lowest BCUT2D eigenvalue weighted by molar-refractivity contribution is 0.0136. The third-order valence-electron chi connectivity index (χ3n) is 6.10. The molecular formula is C31H37BrN4O6. The number of ether oxygens (including phenoxy) is 3. The van der Waals surface area contributed by atoms with E-state index in [-0.39, 0.29) is 6.09 Å². The molecule has 2 aromatic carbocycles. The Bertz CT molecular complexity index is 1350. The number of hydrogen-bond donors (Lipinski definition) is 0. The first-order chi connectivity index (χ1) is 20.3. The molecule has 1 aliphatic heterocycles. The summed E-state index contributed by atoms with van der Waals surface area (Å²) in [6.07, 6.45) is -0.241. The van der Waals surface area contributed by atoms with Gasteiger partial charge in [-0.15, -0.1) is 0 Å². The molecule has 0 aliphatic carbocycles. The van der Waals surface area contributed by atoms with Crippen LogP contribution in [0.4, 0.5) is 4.79 Å². The average Bonchev–Trinajstić information content (AvgIpc) is 3.67. The summed E-state index contributed by atoms with van der Waals surface area (Å²) in [6, 6.07) is 23.2. The second-order valence-corrected chi connectivity index (χ2v) is 11.3. The maximum Gasteiger partial charge on any atom is 0.410 e. The molecule has 0 unspecified atom stereocenters. The van der Waals surface area contributed by atoms with Crippen LogP contribution in [0.15, 0.2) is 81.8 Å². The van der Waals surface area contributed by atoms with Crippen molar-refractivity contribution < 1.29 is 28.1 Å². The van der Waals surface area contributed by atoms with Gasteiger partial charge in [-0.25, -0.2) is 4.79 Å². The molecule has 1 amide bonds. The highest BCUT2D eigenvalue weighted by atomic mass is 79.9. The molecule has 10 nitrogen and oxygen atoms in total. The van der Waals surface area contributed by atoms with Crippen molar-refractivity contribution >= 4 is 22.0 Å². The molecule has 42 heavy (non-hydrogen) atoms. The molecule has 2 aromatic heterocycles. The number of piperazine rings is 1. The number of hydrogen-bond acceptors (Lipinski definition) is 9. The van der Waals surface area contributed by atoms with Crippen molar-refractivity contribution in [2.45, 2.75) is 26.4 Å². The van der Waals surface area contributed by atoms with Crippen LogP contribution in [0.5, 0.6) is 11.8 Å². The zero-order chi connectivity index (χ0) is 29.8. The van der Waals surface area contributed by atoms with Gasteiger partial charge in [0.2, 0.25) is 0 Å². The summed E-state index contributed by atoms with van der Waals surface area (Å²) in [5.41, 5.74) is 1.51. The smallest absolute Gasteiger partial charge is 0.410 e. The van der Waals surface area contributed by atoms with E-state index >= 15 is 0 Å². The largest absolute Gasteiger partial charge is 0.475 e. The fourth-order valence-corrected chi connectivity index (χ4v) is 4.20. The van der Waals surface area contributed by atoms with Crippen LogP contribution in [0.1, 0.15) is 20.8 Å². The number of benzene rings is 2. The van der Waals surface area contributed by atoms with E-state index in [0.717, 1.165) is 41.9 Å². The topological polar surface area (TPSA) is 103 Å². The van der Waals surface area contributed by atoms with Gasteiger partial charge in [-0.3, -0.25) is 4.90 Å². The first-order valence-corrected chi connectivity index (χ1v) is 15.0. The van der Waals surface area contributed by atoms with E-state index < -0.39 is 5.60 Å². The first-order valence-electron chi connectivity index (χ1n) is 13.9. The summed E-state index contributed by atoms with van der Waals surface area (Å²) in [7, 11) is 0. The number of carbonyl (C=O) groups excluding carboxylic acids is 1. The molecule has 5 rings (SSSR count). The number of halogens is 1. The zero-order valence-corrected chi connectivity index (χ0v) is 25.8. The number of alkyl halides is 1. The van der Waals surface area contributed by atoms with Crippen molar-refractivity contribution in [2.75, 3.05) is 51.3 Å². The normalized spacial score (nSPS) is 13.7. The summed E-state index contributed by atoms with van der Waals surface area (Å²) in [5, 5.41) is 8.55. The SMILES string of the molecule is BrCCOc1cc(-c2ccccc2)on1.CC(C)(C)OC(=O)N1CCN(CCOc2cc(-c3ccccc3)on2)CC1. The molecule has 4 aromatic rings. The minimum atomic E-state index is -0.460. The van der Waals surface area contributed by atoms with Crippen LogP contribution < -0.4 is 9.47 Å². The highest BCUT2D eigenvalue weighted by Gasteiger charge is 2.25. The quantitative estimate of drug-likeness (QED) is 0.193. The van der Waals surface area contributed by atoms with E-state index in [4.69, 9.17) is 23.3 Å². The number of carbonyl (C=O) groups is 1. The molecule has 1 aliphatic rings. The Morgan fingerprint density at radius 1 is 0.810 bits per heavy atom. The second-order valence-electron chi connectivity index (χ2n) is 10.5. The Morgan fingerprint density at radius 2 is 1.31 bits per heavy atom. The van der Waals surface area contributed by atoms with Crippen molar-refractivity contribution in [2.24, 2.45) is 0 Å². The third kappa shape index (κ3) is 9.92. The van der Waals surface area contributed by atoms with Crippen LogP contribution in [0, 0.1) is 0 Å². The molecule has 224 valence electrons. The van der Waals surface area contributed by atoms with Crippen LogP contribution in [-0.4, -0.2) is 83.1 Å². The fraction of sp³-hybridized carbons (Fsp3) is 0.387. The fourth-order valence-electron chi connectivity index (χ4n) is 4.03. The predicted molar refractivity (Wildman–Crippen MR) is 163 cm³/mol. The van der Waals surface area contributed by atoms with Gasteiger partial charge >= 0.3 is 6.09 Å². The maximum atomic E-state index is 12.1. The van der Waals surface area contributed by atoms with Gasteiger partial charge in [0, 0.05) is 61.3 Å². The highest BCUT2D eigenvalue weighted by molar-refractivity contribution is 9.09. The Hall–Kier alpha value is -3.83. The van der Waals surface area contributed by atoms with Gasteiger partial charge in [0.1, 0.15) is 12.2 Å². The maximum absolute atomic E-state index is 12.1. The van der Waals surface area contributed by atoms with Gasteiger partial charge in [-0.05, 0) is 31.1 Å². The van der Waals surface area contributed by atoms with Crippen LogP contribution in [-0.2, 0) is 4.74 Å². The number of aromatic nitrogens is 2. The number of amides is 1. The van der Waals surface area contributed by atoms with Gasteiger partial charge in [0.25, 0.3) is 11.8 Å². The molecule has 0 saturated carbocycles. The van der Waals surface area contributed by atoms with Crippen molar-refractivity contribution in [3.8, 4) is 34.4 Å². The van der Waals surface area contributed by atoms with E-state index in [1.54, 1.807) is 17.0 Å². The summed E-state index contributed by atoms with van der Waals surface area (Å²) in [5.74, 6) is 2.42. The van der Waals surface area contributed by atoms with Crippen LogP contribution in [0.25, 0.3) is 22.6 Å². The van der Waals surface area contributed by atoms with Gasteiger partial charge in [-0.2, -0.15) is 0 Å². The van der Waals surface area contributed by atoms with E-state index in [1.165, 1.54) is 0 Å².